The molecule has 1 heterocycles. The van der Waals surface area contributed by atoms with Crippen LogP contribution in [0.25, 0.3) is 44.5 Å². The quantitative estimate of drug-likeness (QED) is 0.164. The van der Waals surface area contributed by atoms with Crippen LogP contribution in [0, 0.1) is 13.8 Å². The van der Waals surface area contributed by atoms with Crippen molar-refractivity contribution >= 4 is 17.1 Å². The average molecular weight is 663 g/mol. The van der Waals surface area contributed by atoms with Crippen LogP contribution < -0.4 is 10.2 Å². The lowest BCUT2D eigenvalue weighted by atomic mass is 9.88. The van der Waals surface area contributed by atoms with E-state index < -0.39 is 0 Å². The number of nitrogens with zero attached hydrogens (tertiary/aromatic N) is 1. The van der Waals surface area contributed by atoms with Gasteiger partial charge in [-0.2, -0.15) is 0 Å². The van der Waals surface area contributed by atoms with Gasteiger partial charge in [0.25, 0.3) is 0 Å². The van der Waals surface area contributed by atoms with E-state index >= 15 is 0 Å². The van der Waals surface area contributed by atoms with Crippen molar-refractivity contribution in [3.8, 4) is 44.5 Å². The Morgan fingerprint density at radius 1 is 0.471 bits per heavy atom. The molecule has 0 amide bonds. The van der Waals surface area contributed by atoms with Crippen molar-refractivity contribution in [2.45, 2.75) is 40.2 Å². The number of aryl methyl sites for hydroxylation is 1. The summed E-state index contributed by atoms with van der Waals surface area (Å²) in [5, 5.41) is 3.54. The Bertz CT molecular complexity index is 2180. The van der Waals surface area contributed by atoms with Crippen molar-refractivity contribution in [3.05, 3.63) is 187 Å². The van der Waals surface area contributed by atoms with Gasteiger partial charge in [0.1, 0.15) is 0 Å². The van der Waals surface area contributed by atoms with E-state index in [2.05, 4.69) is 208 Å². The number of rotatable bonds is 8. The zero-order chi connectivity index (χ0) is 35.2. The van der Waals surface area contributed by atoms with Gasteiger partial charge in [-0.3, -0.25) is 0 Å². The number of benzene rings is 7. The van der Waals surface area contributed by atoms with E-state index in [1.807, 2.05) is 0 Å². The maximum Gasteiger partial charge on any atom is 0.0462 e. The first-order chi connectivity index (χ1) is 25.0. The molecule has 252 valence electrons. The van der Waals surface area contributed by atoms with Crippen LogP contribution in [0.2, 0.25) is 0 Å². The number of anilines is 3. The maximum absolute atomic E-state index is 3.54. The Labute approximate surface area is 304 Å². The third-order valence-electron chi connectivity index (χ3n) is 9.53. The first kappa shape index (κ1) is 33.8. The summed E-state index contributed by atoms with van der Waals surface area (Å²) >= 11 is 0. The van der Waals surface area contributed by atoms with Gasteiger partial charge in [0.05, 0.1) is 0 Å². The van der Waals surface area contributed by atoms with Gasteiger partial charge >= 0.3 is 0 Å². The summed E-state index contributed by atoms with van der Waals surface area (Å²) in [5.74, 6) is 0. The molecule has 7 aromatic rings. The molecule has 0 spiro atoms. The molecule has 8 rings (SSSR count). The van der Waals surface area contributed by atoms with Crippen molar-refractivity contribution < 1.29 is 0 Å². The lowest BCUT2D eigenvalue weighted by Gasteiger charge is -2.25. The zero-order valence-corrected chi connectivity index (χ0v) is 30.1. The van der Waals surface area contributed by atoms with E-state index in [1.165, 1.54) is 67.6 Å². The van der Waals surface area contributed by atoms with Crippen LogP contribution in [0.3, 0.4) is 0 Å². The third kappa shape index (κ3) is 7.57. The summed E-state index contributed by atoms with van der Waals surface area (Å²) < 4.78 is 0. The summed E-state index contributed by atoms with van der Waals surface area (Å²) in [6, 6.07) is 62.0. The zero-order valence-electron chi connectivity index (χ0n) is 30.1. The van der Waals surface area contributed by atoms with E-state index in [9.17, 15) is 0 Å². The molecule has 2 nitrogen and oxygen atoms in total. The van der Waals surface area contributed by atoms with Crippen molar-refractivity contribution in [2.24, 2.45) is 0 Å². The minimum absolute atomic E-state index is 0.413. The Morgan fingerprint density at radius 3 is 1.59 bits per heavy atom. The number of para-hydroxylation sites is 2. The Balaban J connectivity index is 0.00000131. The summed E-state index contributed by atoms with van der Waals surface area (Å²) in [7, 11) is 0. The molecule has 2 heteroatoms. The van der Waals surface area contributed by atoms with Gasteiger partial charge in [-0.05, 0) is 136 Å². The van der Waals surface area contributed by atoms with E-state index in [1.54, 1.807) is 0 Å². The van der Waals surface area contributed by atoms with Gasteiger partial charge < -0.3 is 10.2 Å². The van der Waals surface area contributed by atoms with Crippen LogP contribution in [-0.2, 0) is 0 Å². The van der Waals surface area contributed by atoms with Crippen LogP contribution in [0.15, 0.2) is 170 Å². The molecule has 0 saturated carbocycles. The lowest BCUT2D eigenvalue weighted by molar-refractivity contribution is 1.08. The molecule has 0 aromatic heterocycles. The second-order valence-corrected chi connectivity index (χ2v) is 13.4. The molecule has 1 saturated heterocycles. The largest absolute Gasteiger partial charge is 0.311 e. The van der Waals surface area contributed by atoms with Crippen LogP contribution >= 0.6 is 0 Å². The van der Waals surface area contributed by atoms with Crippen LogP contribution in [0.4, 0.5) is 17.1 Å². The summed E-state index contributed by atoms with van der Waals surface area (Å²) in [4.78, 5) is 2.30. The number of nitrogens with one attached hydrogen (secondary N) is 1. The van der Waals surface area contributed by atoms with Crippen molar-refractivity contribution in [1.29, 1.82) is 0 Å². The van der Waals surface area contributed by atoms with Gasteiger partial charge in [-0.15, -0.1) is 0 Å². The molecular formula is C49H46N2. The second kappa shape index (κ2) is 15.5. The average Bonchev–Trinajstić information content (AvgIpc) is 4.03. The van der Waals surface area contributed by atoms with Crippen molar-refractivity contribution in [1.82, 2.24) is 5.32 Å². The highest BCUT2D eigenvalue weighted by atomic mass is 15.1. The highest BCUT2D eigenvalue weighted by Crippen LogP contribution is 2.39. The van der Waals surface area contributed by atoms with Crippen LogP contribution in [0.5, 0.6) is 0 Å². The Morgan fingerprint density at radius 2 is 0.961 bits per heavy atom. The second-order valence-electron chi connectivity index (χ2n) is 13.4. The standard InChI is InChI=1S/C46H38N2.C3H8/c1-32-13-9-10-20-43(32)45-22-12-21-44(33(45)2)38-28-37(29-39(30-38)46-31-47-46)36-15-11-14-35(27-36)34-23-25-42(26-24-34)48(40-16-5-3-6-17-40)41-18-7-4-8-19-41;1-3-2/h3-30,46-47H,31H2,1-2H3;3H2,1-2H3. The molecule has 1 atom stereocenters. The van der Waals surface area contributed by atoms with Crippen molar-refractivity contribution in [3.63, 3.8) is 0 Å². The van der Waals surface area contributed by atoms with Crippen molar-refractivity contribution in [2.75, 3.05) is 11.4 Å². The molecule has 1 fully saturated rings. The normalized spacial score (nSPS) is 13.2. The van der Waals surface area contributed by atoms with E-state index in [4.69, 9.17) is 0 Å². The minimum atomic E-state index is 0.413. The summed E-state index contributed by atoms with van der Waals surface area (Å²) in [6.45, 7) is 9.74. The van der Waals surface area contributed by atoms with Crippen LogP contribution in [-0.4, -0.2) is 6.54 Å². The highest BCUT2D eigenvalue weighted by molar-refractivity contribution is 5.84. The molecule has 1 N–H and O–H groups in total. The van der Waals surface area contributed by atoms with Gasteiger partial charge in [0.2, 0.25) is 0 Å². The molecule has 0 bridgehead atoms. The van der Waals surface area contributed by atoms with Gasteiger partial charge in [0.15, 0.2) is 0 Å². The topological polar surface area (TPSA) is 25.2 Å². The Hall–Kier alpha value is -5.70. The minimum Gasteiger partial charge on any atom is -0.311 e. The lowest BCUT2D eigenvalue weighted by Crippen LogP contribution is -2.09. The molecule has 1 unspecified atom stereocenters. The predicted molar refractivity (Wildman–Crippen MR) is 219 cm³/mol. The predicted octanol–water partition coefficient (Wildman–Crippen LogP) is 13.5. The third-order valence-corrected chi connectivity index (χ3v) is 9.53. The summed E-state index contributed by atoms with van der Waals surface area (Å²) in [5.41, 5.74) is 17.4. The van der Waals surface area contributed by atoms with Gasteiger partial charge in [-0.1, -0.05) is 129 Å². The first-order valence-electron chi connectivity index (χ1n) is 18.2. The maximum atomic E-state index is 3.54. The molecule has 7 aromatic carbocycles. The fraction of sp³-hybridized carbons (Fsp3) is 0.143. The molecule has 1 aliphatic heterocycles. The number of hydrogen-bond acceptors (Lipinski definition) is 2. The monoisotopic (exact) mass is 662 g/mol. The van der Waals surface area contributed by atoms with E-state index in [-0.39, 0.29) is 0 Å². The molecular weight excluding hydrogens is 617 g/mol. The van der Waals surface area contributed by atoms with Gasteiger partial charge in [0, 0.05) is 29.6 Å². The fourth-order valence-electron chi connectivity index (χ4n) is 6.87. The van der Waals surface area contributed by atoms with E-state index in [0.717, 1.165) is 23.6 Å². The highest BCUT2D eigenvalue weighted by Gasteiger charge is 2.24. The molecule has 1 aliphatic rings. The number of hydrogen-bond donors (Lipinski definition) is 1. The first-order valence-corrected chi connectivity index (χ1v) is 18.2. The fourth-order valence-corrected chi connectivity index (χ4v) is 6.87. The van der Waals surface area contributed by atoms with E-state index in [0.29, 0.717) is 6.04 Å². The smallest absolute Gasteiger partial charge is 0.0462 e. The SMILES string of the molecule is CCC.Cc1ccccc1-c1cccc(-c2cc(-c3cccc(-c4ccc(N(c5ccccc5)c5ccccc5)cc4)c3)cc(C3CN3)c2)c1C. The van der Waals surface area contributed by atoms with Gasteiger partial charge in [-0.25, -0.2) is 0 Å². The Kier molecular flexibility index (Phi) is 10.2. The summed E-state index contributed by atoms with van der Waals surface area (Å²) in [6.07, 6.45) is 1.25. The molecule has 0 radical (unpaired) electrons. The van der Waals surface area contributed by atoms with Crippen LogP contribution in [0.1, 0.15) is 43.0 Å². The molecule has 0 aliphatic carbocycles. The molecule has 51 heavy (non-hydrogen) atoms.